The van der Waals surface area contributed by atoms with Gasteiger partial charge in [0.15, 0.2) is 0 Å². The molecule has 0 spiro atoms. The Hall–Kier alpha value is -4.15. The average Bonchev–Trinajstić information content (AvgIpc) is 2.93. The number of halogens is 1. The van der Waals surface area contributed by atoms with Crippen LogP contribution >= 0.6 is 0 Å². The first kappa shape index (κ1) is 23.6. The number of fused-ring (bicyclic) bond motifs is 1. The van der Waals surface area contributed by atoms with Crippen LogP contribution in [-0.4, -0.2) is 22.4 Å². The van der Waals surface area contributed by atoms with Gasteiger partial charge >= 0.3 is 0 Å². The van der Waals surface area contributed by atoms with E-state index >= 15 is 0 Å². The minimum Gasteiger partial charge on any atom is -0.330 e. The van der Waals surface area contributed by atoms with Gasteiger partial charge in [-0.1, -0.05) is 24.6 Å². The molecule has 1 fully saturated rings. The fourth-order valence-corrected chi connectivity index (χ4v) is 5.19. The molecule has 2 aromatic carbocycles. The van der Waals surface area contributed by atoms with Crippen molar-refractivity contribution in [1.82, 2.24) is 9.97 Å². The Morgan fingerprint density at radius 2 is 2.03 bits per heavy atom. The maximum Gasteiger partial charge on any atom is 0.257 e. The van der Waals surface area contributed by atoms with Crippen LogP contribution in [0.25, 0.3) is 22.0 Å². The zero-order chi connectivity index (χ0) is 25.1. The molecule has 3 N–H and O–H groups in total. The Balaban J connectivity index is 1.48. The van der Waals surface area contributed by atoms with E-state index in [1.54, 1.807) is 42.9 Å². The highest BCUT2D eigenvalue weighted by Gasteiger charge is 2.25. The molecule has 2 atom stereocenters. The van der Waals surface area contributed by atoms with Gasteiger partial charge in [0.1, 0.15) is 5.82 Å². The smallest absolute Gasteiger partial charge is 0.257 e. The van der Waals surface area contributed by atoms with E-state index in [1.807, 2.05) is 12.1 Å². The minimum atomic E-state index is -0.484. The number of nitrogens with two attached hydrogens (primary N) is 1. The van der Waals surface area contributed by atoms with Crippen LogP contribution in [0.3, 0.4) is 0 Å². The molecule has 0 radical (unpaired) electrons. The largest absolute Gasteiger partial charge is 0.330 e. The van der Waals surface area contributed by atoms with Crippen molar-refractivity contribution in [3.63, 3.8) is 0 Å². The summed E-state index contributed by atoms with van der Waals surface area (Å²) in [6.45, 7) is 0.664. The lowest BCUT2D eigenvalue weighted by atomic mass is 9.78. The molecule has 4 aromatic rings. The maximum atomic E-state index is 14.9. The Kier molecular flexibility index (Phi) is 6.70. The molecule has 1 amide bonds. The molecule has 0 aliphatic heterocycles. The molecule has 0 bridgehead atoms. The topological polar surface area (TPSA) is 105 Å². The summed E-state index contributed by atoms with van der Waals surface area (Å²) >= 11 is 0. The highest BCUT2D eigenvalue weighted by Crippen LogP contribution is 2.39. The van der Waals surface area contributed by atoms with Gasteiger partial charge in [-0.3, -0.25) is 14.8 Å². The number of hydrogen-bond acceptors (Lipinski definition) is 5. The molecular formula is C29H26FN5O. The summed E-state index contributed by atoms with van der Waals surface area (Å²) in [4.78, 5) is 22.1. The van der Waals surface area contributed by atoms with E-state index in [2.05, 4.69) is 21.4 Å². The Labute approximate surface area is 209 Å². The highest BCUT2D eigenvalue weighted by atomic mass is 19.1. The van der Waals surface area contributed by atoms with Crippen molar-refractivity contribution in [3.8, 4) is 17.2 Å². The molecule has 5 rings (SSSR count). The summed E-state index contributed by atoms with van der Waals surface area (Å²) in [5, 5.41) is 12.7. The fourth-order valence-electron chi connectivity index (χ4n) is 5.19. The number of pyridine rings is 2. The predicted octanol–water partition coefficient (Wildman–Crippen LogP) is 5.79. The quantitative estimate of drug-likeness (QED) is 0.377. The van der Waals surface area contributed by atoms with Crippen LogP contribution in [0.4, 0.5) is 10.1 Å². The molecule has 7 heteroatoms. The third-order valence-electron chi connectivity index (χ3n) is 7.06. The van der Waals surface area contributed by atoms with E-state index in [9.17, 15) is 14.4 Å². The van der Waals surface area contributed by atoms with Crippen LogP contribution in [0.1, 0.15) is 53.1 Å². The third-order valence-corrected chi connectivity index (χ3v) is 7.06. The minimum absolute atomic E-state index is 0.220. The van der Waals surface area contributed by atoms with Crippen LogP contribution in [0.5, 0.6) is 0 Å². The maximum absolute atomic E-state index is 14.9. The molecule has 1 aliphatic carbocycles. The van der Waals surface area contributed by atoms with Crippen molar-refractivity contribution in [2.24, 2.45) is 11.7 Å². The molecule has 2 heterocycles. The Morgan fingerprint density at radius 1 is 1.17 bits per heavy atom. The lowest BCUT2D eigenvalue weighted by Gasteiger charge is -2.29. The highest BCUT2D eigenvalue weighted by molar-refractivity contribution is 6.12. The molecule has 6 nitrogen and oxygen atoms in total. The zero-order valence-electron chi connectivity index (χ0n) is 19.7. The molecule has 180 valence electrons. The molecule has 1 saturated carbocycles. The van der Waals surface area contributed by atoms with E-state index in [-0.39, 0.29) is 22.4 Å². The summed E-state index contributed by atoms with van der Waals surface area (Å²) in [6, 6.07) is 15.5. The van der Waals surface area contributed by atoms with Gasteiger partial charge in [-0.15, -0.1) is 0 Å². The summed E-state index contributed by atoms with van der Waals surface area (Å²) in [5.74, 6) is -0.0805. The van der Waals surface area contributed by atoms with E-state index in [1.165, 1.54) is 12.1 Å². The van der Waals surface area contributed by atoms with Gasteiger partial charge < -0.3 is 11.1 Å². The zero-order valence-corrected chi connectivity index (χ0v) is 19.7. The molecule has 36 heavy (non-hydrogen) atoms. The number of carbonyl (C=O) groups excluding carboxylic acids is 1. The summed E-state index contributed by atoms with van der Waals surface area (Å²) in [6.07, 6.45) is 9.23. The first-order valence-electron chi connectivity index (χ1n) is 12.1. The van der Waals surface area contributed by atoms with Crippen LogP contribution in [-0.2, 0) is 0 Å². The van der Waals surface area contributed by atoms with Crippen molar-refractivity contribution in [2.45, 2.75) is 31.6 Å². The lowest BCUT2D eigenvalue weighted by Crippen LogP contribution is -2.23. The van der Waals surface area contributed by atoms with Crippen molar-refractivity contribution < 1.29 is 9.18 Å². The number of hydrogen-bond donors (Lipinski definition) is 2. The second-order valence-corrected chi connectivity index (χ2v) is 9.25. The summed E-state index contributed by atoms with van der Waals surface area (Å²) in [5.41, 5.74) is 9.90. The van der Waals surface area contributed by atoms with Gasteiger partial charge in [0.25, 0.3) is 5.91 Å². The number of nitrogens with zero attached hydrogens (tertiary/aromatic N) is 3. The van der Waals surface area contributed by atoms with Crippen LogP contribution < -0.4 is 11.1 Å². The van der Waals surface area contributed by atoms with Gasteiger partial charge in [-0.25, -0.2) is 4.39 Å². The fraction of sp³-hybridized carbons (Fsp3) is 0.241. The number of nitriles is 1. The number of amides is 1. The average molecular weight is 480 g/mol. The Bertz CT molecular complexity index is 1480. The number of nitrogens with one attached hydrogen (secondary N) is 1. The second-order valence-electron chi connectivity index (χ2n) is 9.25. The van der Waals surface area contributed by atoms with Gasteiger partial charge in [-0.05, 0) is 73.5 Å². The SMILES string of the molecule is N#Cc1ccccc1-c1cnc2c(C(=O)Nc3cnccc3C3CCCC(CN)C3)ccc(F)c2c1. The van der Waals surface area contributed by atoms with Crippen molar-refractivity contribution >= 4 is 22.5 Å². The molecule has 0 saturated heterocycles. The normalized spacial score (nSPS) is 17.5. The number of carbonyl (C=O) groups is 1. The second kappa shape index (κ2) is 10.2. The van der Waals surface area contributed by atoms with Crippen molar-refractivity contribution in [1.29, 1.82) is 5.26 Å². The number of aromatic nitrogens is 2. The van der Waals surface area contributed by atoms with Crippen LogP contribution in [0, 0.1) is 23.1 Å². The number of anilines is 1. The monoisotopic (exact) mass is 479 g/mol. The van der Waals surface area contributed by atoms with Gasteiger partial charge in [0.05, 0.1) is 34.6 Å². The molecular weight excluding hydrogens is 453 g/mol. The standard InChI is InChI=1S/C29H26FN5O/c30-26-9-8-24(28-25(26)13-21(16-34-28)22-7-2-1-5-20(22)15-32)29(36)35-27-17-33-11-10-23(27)19-6-3-4-18(12-19)14-31/h1-2,5,7-11,13,16-19H,3-4,6,12,14,31H2,(H,35,36). The first-order chi connectivity index (χ1) is 17.6. The van der Waals surface area contributed by atoms with Gasteiger partial charge in [-0.2, -0.15) is 5.26 Å². The van der Waals surface area contributed by atoms with E-state index < -0.39 is 5.82 Å². The Morgan fingerprint density at radius 3 is 2.86 bits per heavy atom. The van der Waals surface area contributed by atoms with Crippen molar-refractivity contribution in [3.05, 3.63) is 89.6 Å². The first-order valence-corrected chi connectivity index (χ1v) is 12.1. The molecule has 2 aromatic heterocycles. The third kappa shape index (κ3) is 4.56. The summed E-state index contributed by atoms with van der Waals surface area (Å²) < 4.78 is 14.9. The molecule has 1 aliphatic rings. The van der Waals surface area contributed by atoms with Crippen molar-refractivity contribution in [2.75, 3.05) is 11.9 Å². The van der Waals surface area contributed by atoms with E-state index in [0.717, 1.165) is 31.2 Å². The van der Waals surface area contributed by atoms with E-state index in [0.29, 0.717) is 40.8 Å². The van der Waals surface area contributed by atoms with Crippen LogP contribution in [0.2, 0.25) is 0 Å². The lowest BCUT2D eigenvalue weighted by molar-refractivity contribution is 0.102. The van der Waals surface area contributed by atoms with E-state index in [4.69, 9.17) is 5.73 Å². The predicted molar refractivity (Wildman–Crippen MR) is 138 cm³/mol. The van der Waals surface area contributed by atoms with Crippen LogP contribution in [0.15, 0.2) is 67.1 Å². The number of rotatable bonds is 5. The molecule has 2 unspecified atom stereocenters. The van der Waals surface area contributed by atoms with Gasteiger partial charge in [0.2, 0.25) is 0 Å². The van der Waals surface area contributed by atoms with Gasteiger partial charge in [0, 0.05) is 28.9 Å². The number of benzene rings is 2. The summed E-state index contributed by atoms with van der Waals surface area (Å²) in [7, 11) is 0.